The Morgan fingerprint density at radius 1 is 1.12 bits per heavy atom. The summed E-state index contributed by atoms with van der Waals surface area (Å²) in [5, 5.41) is 4.07. The summed E-state index contributed by atoms with van der Waals surface area (Å²) in [7, 11) is 1.36. The van der Waals surface area contributed by atoms with E-state index >= 15 is 0 Å². The minimum Gasteiger partial charge on any atom is -0.494 e. The van der Waals surface area contributed by atoms with Gasteiger partial charge in [0.05, 0.1) is 12.8 Å². The highest BCUT2D eigenvalue weighted by molar-refractivity contribution is 7.14. The summed E-state index contributed by atoms with van der Waals surface area (Å²) in [4.78, 5) is 16.2. The smallest absolute Gasteiger partial charge is 0.263 e. The molecule has 128 valence electrons. The molecular weight excluding hydrogens is 353 g/mol. The van der Waals surface area contributed by atoms with Crippen LogP contribution in [0.5, 0.6) is 5.75 Å². The Labute approximate surface area is 144 Å². The maximum absolute atomic E-state index is 13.8. The molecule has 1 aromatic heterocycles. The van der Waals surface area contributed by atoms with E-state index in [1.54, 1.807) is 11.4 Å². The Kier molecular flexibility index (Phi) is 4.71. The van der Waals surface area contributed by atoms with Gasteiger partial charge < -0.3 is 4.74 Å². The van der Waals surface area contributed by atoms with Crippen molar-refractivity contribution in [2.45, 2.75) is 0 Å². The lowest BCUT2D eigenvalue weighted by Gasteiger charge is -2.04. The zero-order valence-corrected chi connectivity index (χ0v) is 13.7. The van der Waals surface area contributed by atoms with Gasteiger partial charge in [0.2, 0.25) is 0 Å². The summed E-state index contributed by atoms with van der Waals surface area (Å²) in [6, 6.07) is 7.46. The van der Waals surface area contributed by atoms with Gasteiger partial charge in [-0.25, -0.2) is 18.2 Å². The third kappa shape index (κ3) is 3.48. The number of ether oxygens (including phenoxy) is 1. The molecule has 1 N–H and O–H groups in total. The number of amides is 1. The van der Waals surface area contributed by atoms with Gasteiger partial charge in [-0.1, -0.05) is 6.07 Å². The van der Waals surface area contributed by atoms with Gasteiger partial charge >= 0.3 is 0 Å². The normalized spacial score (nSPS) is 10.6. The van der Waals surface area contributed by atoms with Crippen LogP contribution in [0.3, 0.4) is 0 Å². The van der Waals surface area contributed by atoms with Gasteiger partial charge in [0.25, 0.3) is 5.91 Å². The lowest BCUT2D eigenvalue weighted by Crippen LogP contribution is -2.15. The third-order valence-corrected chi connectivity index (χ3v) is 4.12. The highest BCUT2D eigenvalue weighted by Gasteiger charge is 2.18. The first-order valence-electron chi connectivity index (χ1n) is 7.04. The summed E-state index contributed by atoms with van der Waals surface area (Å²) >= 11 is 1.05. The monoisotopic (exact) mass is 364 g/mol. The number of methoxy groups -OCH3 is 1. The van der Waals surface area contributed by atoms with Gasteiger partial charge in [-0.15, -0.1) is 11.3 Å². The van der Waals surface area contributed by atoms with Crippen molar-refractivity contribution in [1.29, 1.82) is 0 Å². The van der Waals surface area contributed by atoms with Gasteiger partial charge in [0.15, 0.2) is 16.7 Å². The molecule has 1 heterocycles. The molecule has 0 spiro atoms. The minimum absolute atomic E-state index is 0.0996. The first-order valence-corrected chi connectivity index (χ1v) is 7.92. The summed E-state index contributed by atoms with van der Waals surface area (Å²) in [5.41, 5.74) is 0.206. The molecule has 0 saturated carbocycles. The van der Waals surface area contributed by atoms with Gasteiger partial charge in [-0.3, -0.25) is 10.1 Å². The molecule has 3 aromatic rings. The maximum atomic E-state index is 13.8. The number of aromatic nitrogens is 1. The number of anilines is 1. The topological polar surface area (TPSA) is 51.2 Å². The first-order chi connectivity index (χ1) is 12.0. The number of nitrogens with zero attached hydrogens (tertiary/aromatic N) is 1. The molecule has 0 bridgehead atoms. The van der Waals surface area contributed by atoms with Crippen molar-refractivity contribution in [1.82, 2.24) is 4.98 Å². The summed E-state index contributed by atoms with van der Waals surface area (Å²) < 4.78 is 45.8. The first kappa shape index (κ1) is 17.0. The van der Waals surface area contributed by atoms with E-state index in [4.69, 9.17) is 4.74 Å². The molecule has 3 rings (SSSR count). The molecule has 0 radical (unpaired) electrons. The van der Waals surface area contributed by atoms with Crippen LogP contribution in [-0.2, 0) is 0 Å². The fraction of sp³-hybridized carbons (Fsp3) is 0.0588. The second-order valence-electron chi connectivity index (χ2n) is 4.94. The third-order valence-electron chi connectivity index (χ3n) is 3.36. The van der Waals surface area contributed by atoms with Gasteiger partial charge in [0, 0.05) is 10.9 Å². The lowest BCUT2D eigenvalue weighted by molar-refractivity contribution is 0.101. The highest BCUT2D eigenvalue weighted by Crippen LogP contribution is 2.28. The number of thiazole rings is 1. The van der Waals surface area contributed by atoms with Crippen LogP contribution in [0.4, 0.5) is 18.3 Å². The zero-order chi connectivity index (χ0) is 18.0. The molecule has 25 heavy (non-hydrogen) atoms. The minimum atomic E-state index is -0.966. The average molecular weight is 364 g/mol. The summed E-state index contributed by atoms with van der Waals surface area (Å²) in [6.45, 7) is 0. The van der Waals surface area contributed by atoms with Crippen LogP contribution in [0.15, 0.2) is 41.8 Å². The number of carbonyl (C=O) groups excluding carboxylic acids is 1. The standard InChI is InChI=1S/C17H11F3N2O2S/c1-24-14-6-5-9(7-12(14)20)13-8-25-17(21-13)22-16(23)15-10(18)3-2-4-11(15)19/h2-8H,1H3,(H,21,22,23). The van der Waals surface area contributed by atoms with Crippen molar-refractivity contribution in [3.05, 3.63) is 64.8 Å². The molecule has 8 heteroatoms. The second kappa shape index (κ2) is 6.94. The molecule has 0 atom stereocenters. The van der Waals surface area contributed by atoms with Crippen LogP contribution in [-0.4, -0.2) is 18.0 Å². The van der Waals surface area contributed by atoms with E-state index in [-0.39, 0.29) is 10.9 Å². The number of halogens is 3. The molecule has 0 aliphatic carbocycles. The van der Waals surface area contributed by atoms with Crippen LogP contribution in [0.1, 0.15) is 10.4 Å². The van der Waals surface area contributed by atoms with Crippen LogP contribution in [0.25, 0.3) is 11.3 Å². The molecular formula is C17H11F3N2O2S. The largest absolute Gasteiger partial charge is 0.494 e. The van der Waals surface area contributed by atoms with Crippen LogP contribution >= 0.6 is 11.3 Å². The van der Waals surface area contributed by atoms with Crippen molar-refractivity contribution >= 4 is 22.4 Å². The molecule has 0 unspecified atom stereocenters. The molecule has 1 amide bonds. The van der Waals surface area contributed by atoms with Crippen molar-refractivity contribution in [3.8, 4) is 17.0 Å². The van der Waals surface area contributed by atoms with Crippen molar-refractivity contribution in [2.24, 2.45) is 0 Å². The molecule has 0 fully saturated rings. The number of hydrogen-bond donors (Lipinski definition) is 1. The van der Waals surface area contributed by atoms with E-state index in [0.717, 1.165) is 23.5 Å². The Bertz CT molecular complexity index is 923. The quantitative estimate of drug-likeness (QED) is 0.742. The van der Waals surface area contributed by atoms with E-state index in [1.165, 1.54) is 25.3 Å². The number of benzene rings is 2. The average Bonchev–Trinajstić information content (AvgIpc) is 3.03. The highest BCUT2D eigenvalue weighted by atomic mass is 32.1. The SMILES string of the molecule is COc1ccc(-c2csc(NC(=O)c3c(F)cccc3F)n2)cc1F. The maximum Gasteiger partial charge on any atom is 0.263 e. The second-order valence-corrected chi connectivity index (χ2v) is 5.80. The summed E-state index contributed by atoms with van der Waals surface area (Å²) in [5.74, 6) is -3.33. The fourth-order valence-corrected chi connectivity index (χ4v) is 2.88. The Hall–Kier alpha value is -2.87. The summed E-state index contributed by atoms with van der Waals surface area (Å²) in [6.07, 6.45) is 0. The zero-order valence-electron chi connectivity index (χ0n) is 12.8. The van der Waals surface area contributed by atoms with Crippen LogP contribution in [0, 0.1) is 17.5 Å². The van der Waals surface area contributed by atoms with Crippen molar-refractivity contribution in [2.75, 3.05) is 12.4 Å². The molecule has 0 aliphatic heterocycles. The van der Waals surface area contributed by atoms with Crippen molar-refractivity contribution < 1.29 is 22.7 Å². The van der Waals surface area contributed by atoms with Crippen LogP contribution < -0.4 is 10.1 Å². The van der Waals surface area contributed by atoms with Crippen molar-refractivity contribution in [3.63, 3.8) is 0 Å². The number of nitrogens with one attached hydrogen (secondary N) is 1. The lowest BCUT2D eigenvalue weighted by atomic mass is 10.1. The predicted octanol–water partition coefficient (Wildman–Crippen LogP) is 4.49. The molecule has 0 aliphatic rings. The molecule has 2 aromatic carbocycles. The van der Waals surface area contributed by atoms with Gasteiger partial charge in [-0.2, -0.15) is 0 Å². The fourth-order valence-electron chi connectivity index (χ4n) is 2.16. The Balaban J connectivity index is 1.82. The van der Waals surface area contributed by atoms with E-state index < -0.39 is 28.9 Å². The van der Waals surface area contributed by atoms with E-state index in [9.17, 15) is 18.0 Å². The van der Waals surface area contributed by atoms with E-state index in [2.05, 4.69) is 10.3 Å². The molecule has 4 nitrogen and oxygen atoms in total. The Morgan fingerprint density at radius 2 is 1.84 bits per heavy atom. The Morgan fingerprint density at radius 3 is 2.48 bits per heavy atom. The van der Waals surface area contributed by atoms with E-state index in [1.807, 2.05) is 0 Å². The number of carbonyl (C=O) groups is 1. The van der Waals surface area contributed by atoms with E-state index in [0.29, 0.717) is 11.3 Å². The number of hydrogen-bond acceptors (Lipinski definition) is 4. The van der Waals surface area contributed by atoms with Gasteiger partial charge in [0.1, 0.15) is 17.2 Å². The predicted molar refractivity (Wildman–Crippen MR) is 88.4 cm³/mol. The van der Waals surface area contributed by atoms with Gasteiger partial charge in [-0.05, 0) is 30.3 Å². The van der Waals surface area contributed by atoms with Crippen LogP contribution in [0.2, 0.25) is 0 Å². The number of rotatable bonds is 4. The molecule has 0 saturated heterocycles.